The molecule has 1 aromatic rings. The van der Waals surface area contributed by atoms with Gasteiger partial charge in [0.15, 0.2) is 18.1 Å². The van der Waals surface area contributed by atoms with Gasteiger partial charge in [-0.2, -0.15) is 0 Å². The van der Waals surface area contributed by atoms with Crippen molar-refractivity contribution in [2.45, 2.75) is 30.4 Å². The summed E-state index contributed by atoms with van der Waals surface area (Å²) >= 11 is 0. The van der Waals surface area contributed by atoms with Gasteiger partial charge in [0.25, 0.3) is 5.79 Å². The van der Waals surface area contributed by atoms with Crippen molar-refractivity contribution in [3.05, 3.63) is 44.8 Å². The third-order valence-corrected chi connectivity index (χ3v) is 3.45. The molecule has 0 saturated carbocycles. The predicted molar refractivity (Wildman–Crippen MR) is 74.5 cm³/mol. The van der Waals surface area contributed by atoms with E-state index in [1.165, 1.54) is 18.2 Å². The molecule has 0 aromatic heterocycles. The van der Waals surface area contributed by atoms with Crippen LogP contribution in [0.15, 0.2) is 29.4 Å². The molecule has 24 heavy (non-hydrogen) atoms. The van der Waals surface area contributed by atoms with Crippen molar-refractivity contribution in [2.75, 3.05) is 6.61 Å². The summed E-state index contributed by atoms with van der Waals surface area (Å²) in [5, 5.41) is 42.6. The molecular weight excluding hydrogens is 331 g/mol. The minimum Gasteiger partial charge on any atom is -0.478 e. The van der Waals surface area contributed by atoms with Crippen molar-refractivity contribution < 1.29 is 34.1 Å². The summed E-state index contributed by atoms with van der Waals surface area (Å²) in [6, 6.07) is 5.07. The first-order chi connectivity index (χ1) is 11.3. The highest BCUT2D eigenvalue weighted by molar-refractivity contribution is 5.46. The molecule has 1 aliphatic heterocycles. The van der Waals surface area contributed by atoms with Crippen LogP contribution in [-0.4, -0.2) is 57.2 Å². The fourth-order valence-electron chi connectivity index (χ4n) is 2.24. The van der Waals surface area contributed by atoms with E-state index in [9.17, 15) is 29.8 Å². The van der Waals surface area contributed by atoms with Gasteiger partial charge >= 0.3 is 5.69 Å². The average Bonchev–Trinajstić information content (AvgIpc) is 2.56. The second-order valence-electron chi connectivity index (χ2n) is 4.88. The van der Waals surface area contributed by atoms with Gasteiger partial charge in [0.05, 0.1) is 11.5 Å². The molecule has 3 N–H and O–H groups in total. The second kappa shape index (κ2) is 6.95. The van der Waals surface area contributed by atoms with Crippen LogP contribution in [0.4, 0.5) is 10.1 Å². The monoisotopic (exact) mass is 344 g/mol. The summed E-state index contributed by atoms with van der Waals surface area (Å²) in [5.74, 6) is -3.62. The Morgan fingerprint density at radius 1 is 1.50 bits per heavy atom. The number of aliphatic hydroxyl groups is 3. The third-order valence-electron chi connectivity index (χ3n) is 3.45. The first kappa shape index (κ1) is 17.8. The van der Waals surface area contributed by atoms with Crippen LogP contribution in [0.25, 0.3) is 10.4 Å². The van der Waals surface area contributed by atoms with Crippen LogP contribution in [0.2, 0.25) is 0 Å². The van der Waals surface area contributed by atoms with Gasteiger partial charge in [0.2, 0.25) is 0 Å². The zero-order valence-corrected chi connectivity index (χ0v) is 12.0. The molecule has 0 unspecified atom stereocenters. The second-order valence-corrected chi connectivity index (χ2v) is 4.88. The van der Waals surface area contributed by atoms with E-state index in [1.54, 1.807) is 0 Å². The summed E-state index contributed by atoms with van der Waals surface area (Å²) < 4.78 is 24.6. The Morgan fingerprint density at radius 3 is 2.75 bits per heavy atom. The van der Waals surface area contributed by atoms with E-state index in [4.69, 9.17) is 15.0 Å². The smallest absolute Gasteiger partial charge is 0.310 e. The van der Waals surface area contributed by atoms with Crippen molar-refractivity contribution in [1.29, 1.82) is 0 Å². The van der Waals surface area contributed by atoms with Crippen LogP contribution in [0.1, 0.15) is 0 Å². The molecule has 1 saturated heterocycles. The fourth-order valence-corrected chi connectivity index (χ4v) is 2.24. The van der Waals surface area contributed by atoms with Gasteiger partial charge in [-0.25, -0.2) is 4.39 Å². The van der Waals surface area contributed by atoms with Gasteiger partial charge in [-0.1, -0.05) is 12.1 Å². The van der Waals surface area contributed by atoms with Crippen LogP contribution < -0.4 is 4.74 Å². The molecule has 1 heterocycles. The summed E-state index contributed by atoms with van der Waals surface area (Å²) in [5.41, 5.74) is 7.92. The van der Waals surface area contributed by atoms with Gasteiger partial charge in [-0.3, -0.25) is 10.1 Å². The topological polar surface area (TPSA) is 171 Å². The molecule has 1 aliphatic rings. The first-order valence-corrected chi connectivity index (χ1v) is 6.62. The van der Waals surface area contributed by atoms with E-state index in [0.717, 1.165) is 6.07 Å². The van der Waals surface area contributed by atoms with Crippen LogP contribution in [0, 0.1) is 10.1 Å². The standard InChI is InChI=1S/C12H13FN4O7/c13-12(15-16-14)10(19)9(8(5-18)24-11(12)20)23-7-4-2-1-3-6(7)17(21)22/h1-4,8-11,18-20H,5H2/t8-,9+,10+,11-,12+/m1/s1. The lowest BCUT2D eigenvalue weighted by molar-refractivity contribution is -0.386. The van der Waals surface area contributed by atoms with Gasteiger partial charge < -0.3 is 24.8 Å². The normalized spacial score (nSPS) is 32.7. The highest BCUT2D eigenvalue weighted by atomic mass is 19.1. The number of hydrogen-bond donors (Lipinski definition) is 3. The van der Waals surface area contributed by atoms with E-state index in [0.29, 0.717) is 0 Å². The number of nitro groups is 1. The van der Waals surface area contributed by atoms with Gasteiger partial charge in [-0.15, -0.1) is 0 Å². The van der Waals surface area contributed by atoms with Gasteiger partial charge in [0.1, 0.15) is 12.2 Å². The number of aliphatic hydroxyl groups excluding tert-OH is 3. The molecule has 0 aliphatic carbocycles. The highest BCUT2D eigenvalue weighted by Crippen LogP contribution is 2.37. The molecule has 0 radical (unpaired) electrons. The number of benzene rings is 1. The lowest BCUT2D eigenvalue weighted by Gasteiger charge is -2.43. The Hall–Kier alpha value is -2.50. The number of rotatable bonds is 5. The SMILES string of the molecule is [N-]=[N+]=N[C@]1(F)[C@H](O)O[C@H](CO)[C@H](Oc2ccccc2[N+](=O)[O-])[C@@H]1O. The minimum absolute atomic E-state index is 0.326. The van der Waals surface area contributed by atoms with Crippen molar-refractivity contribution in [3.63, 3.8) is 0 Å². The Bertz CT molecular complexity index is 671. The average molecular weight is 344 g/mol. The quantitative estimate of drug-likeness (QED) is 0.173. The van der Waals surface area contributed by atoms with E-state index < -0.39 is 47.6 Å². The maximum atomic E-state index is 14.5. The van der Waals surface area contributed by atoms with Crippen molar-refractivity contribution in [1.82, 2.24) is 0 Å². The fraction of sp³-hybridized carbons (Fsp3) is 0.500. The maximum Gasteiger partial charge on any atom is 0.310 e. The van der Waals surface area contributed by atoms with E-state index in [1.807, 2.05) is 0 Å². The molecule has 5 atom stereocenters. The van der Waals surface area contributed by atoms with Crippen LogP contribution >= 0.6 is 0 Å². The van der Waals surface area contributed by atoms with E-state index in [-0.39, 0.29) is 5.75 Å². The molecule has 1 aromatic carbocycles. The molecule has 2 rings (SSSR count). The number of nitro benzene ring substituents is 1. The molecule has 11 nitrogen and oxygen atoms in total. The number of halogens is 1. The maximum absolute atomic E-state index is 14.5. The number of hydrogen-bond acceptors (Lipinski definition) is 8. The number of para-hydroxylation sites is 2. The number of ether oxygens (including phenoxy) is 2. The molecule has 0 bridgehead atoms. The predicted octanol–water partition coefficient (Wildman–Crippen LogP) is 0.389. The minimum atomic E-state index is -3.30. The zero-order valence-electron chi connectivity index (χ0n) is 12.0. The first-order valence-electron chi connectivity index (χ1n) is 6.62. The summed E-state index contributed by atoms with van der Waals surface area (Å²) in [4.78, 5) is 12.4. The molecule has 130 valence electrons. The Morgan fingerprint density at radius 2 is 2.17 bits per heavy atom. The van der Waals surface area contributed by atoms with Crippen molar-refractivity contribution >= 4 is 5.69 Å². The largest absolute Gasteiger partial charge is 0.478 e. The Kier molecular flexibility index (Phi) is 5.17. The summed E-state index contributed by atoms with van der Waals surface area (Å²) in [6.07, 6.45) is -7.72. The van der Waals surface area contributed by atoms with Crippen LogP contribution in [-0.2, 0) is 4.74 Å². The van der Waals surface area contributed by atoms with Crippen LogP contribution in [0.5, 0.6) is 5.75 Å². The summed E-state index contributed by atoms with van der Waals surface area (Å²) in [7, 11) is 0. The van der Waals surface area contributed by atoms with E-state index in [2.05, 4.69) is 10.0 Å². The lowest BCUT2D eigenvalue weighted by atomic mass is 9.95. The number of nitrogens with zero attached hydrogens (tertiary/aromatic N) is 4. The molecule has 1 fully saturated rings. The molecule has 0 amide bonds. The van der Waals surface area contributed by atoms with Gasteiger partial charge in [0, 0.05) is 11.0 Å². The molecular formula is C12H13FN4O7. The molecule has 0 spiro atoms. The third kappa shape index (κ3) is 3.09. The highest BCUT2D eigenvalue weighted by Gasteiger charge is 2.57. The van der Waals surface area contributed by atoms with Crippen LogP contribution in [0.3, 0.4) is 0 Å². The van der Waals surface area contributed by atoms with Crippen molar-refractivity contribution in [2.24, 2.45) is 5.11 Å². The lowest BCUT2D eigenvalue weighted by Crippen LogP contribution is -2.65. The molecule has 12 heteroatoms. The van der Waals surface area contributed by atoms with Gasteiger partial charge in [-0.05, 0) is 16.7 Å². The summed E-state index contributed by atoms with van der Waals surface area (Å²) in [6.45, 7) is -0.800. The number of azide groups is 1. The Balaban J connectivity index is 2.39. The van der Waals surface area contributed by atoms with E-state index >= 15 is 0 Å². The van der Waals surface area contributed by atoms with Crippen molar-refractivity contribution in [3.8, 4) is 5.75 Å². The number of alkyl halides is 1. The zero-order chi connectivity index (χ0) is 17.9. The Labute approximate surface area is 133 Å².